The minimum atomic E-state index is -6.05. The SMILES string of the molecule is CCN1CCN(CC[C@H](CSc2ccccc2)Nc2ccc(S(=O)(=O)NC(=O)c3ccc(N4CCN(CC5=C(c6ccc(Cl)cc6)CCC(C)(C)C5)CC4)cc3)cc2S(=O)(=O)C(F)(F)F)CC1. The summed E-state index contributed by atoms with van der Waals surface area (Å²) in [5.41, 5.74) is -0.976. The summed E-state index contributed by atoms with van der Waals surface area (Å²) in [7, 11) is -10.9. The zero-order chi connectivity index (χ0) is 48.0. The highest BCUT2D eigenvalue weighted by atomic mass is 35.5. The average Bonchev–Trinajstić information content (AvgIpc) is 3.30. The molecule has 2 aliphatic heterocycles. The summed E-state index contributed by atoms with van der Waals surface area (Å²) in [6, 6.07) is 26.0. The number of rotatable bonds is 17. The molecular weight excluding hydrogens is 941 g/mol. The first kappa shape index (κ1) is 50.8. The molecule has 1 aliphatic carbocycles. The molecule has 67 heavy (non-hydrogen) atoms. The van der Waals surface area contributed by atoms with Gasteiger partial charge in [-0.3, -0.25) is 9.69 Å². The van der Waals surface area contributed by atoms with Crippen molar-refractivity contribution >= 4 is 66.1 Å². The number of allylic oxidation sites excluding steroid dienone is 1. The maximum absolute atomic E-state index is 14.2. The smallest absolute Gasteiger partial charge is 0.380 e. The molecular formula is C49H60ClF3N6O5S3. The molecule has 3 aliphatic rings. The summed E-state index contributed by atoms with van der Waals surface area (Å²) < 4.78 is 98.2. The molecule has 11 nitrogen and oxygen atoms in total. The van der Waals surface area contributed by atoms with Gasteiger partial charge in [0.15, 0.2) is 0 Å². The third kappa shape index (κ3) is 13.2. The lowest BCUT2D eigenvalue weighted by Crippen LogP contribution is -2.47. The van der Waals surface area contributed by atoms with Gasteiger partial charge in [0, 0.05) is 98.4 Å². The van der Waals surface area contributed by atoms with Crippen LogP contribution in [-0.4, -0.2) is 127 Å². The number of hydrogen-bond acceptors (Lipinski definition) is 11. The lowest BCUT2D eigenvalue weighted by molar-refractivity contribution is -0.0435. The number of nitrogens with one attached hydrogen (secondary N) is 2. The molecule has 0 radical (unpaired) electrons. The zero-order valence-corrected chi connectivity index (χ0v) is 41.4. The standard InChI is InChI=1S/C49H60ClF3N6O5S3/c1-4-56-24-26-57(27-25-56)23-21-40(35-65-42-8-6-5-7-9-42)54-45-19-18-43(32-46(45)66(61,62)49(51,52)53)67(63,64)55-47(60)37-12-16-41(17-13-37)59-30-28-58(29-31-59)34-38-33-48(2,3)22-20-44(38)36-10-14-39(50)15-11-36/h5-19,32,40,54H,4,20-31,33-35H2,1-3H3,(H,55,60)/t40-/m1/s1. The molecule has 0 aromatic heterocycles. The van der Waals surface area contributed by atoms with E-state index in [1.165, 1.54) is 40.6 Å². The second-order valence-corrected chi connectivity index (χ2v) is 23.4. The van der Waals surface area contributed by atoms with Gasteiger partial charge in [-0.05, 0) is 116 Å². The van der Waals surface area contributed by atoms with Crippen LogP contribution in [0.15, 0.2) is 117 Å². The number of alkyl halides is 3. The van der Waals surface area contributed by atoms with Crippen molar-refractivity contribution in [3.63, 3.8) is 0 Å². The molecule has 2 heterocycles. The number of nitrogens with zero attached hydrogens (tertiary/aromatic N) is 4. The first-order valence-corrected chi connectivity index (χ1v) is 27.1. The molecule has 2 saturated heterocycles. The van der Waals surface area contributed by atoms with Gasteiger partial charge in [0.2, 0.25) is 0 Å². The fourth-order valence-electron chi connectivity index (χ4n) is 9.00. The Morgan fingerprint density at radius 1 is 0.821 bits per heavy atom. The minimum Gasteiger partial charge on any atom is -0.380 e. The molecule has 0 saturated carbocycles. The lowest BCUT2D eigenvalue weighted by Gasteiger charge is -2.39. The second kappa shape index (κ2) is 21.7. The van der Waals surface area contributed by atoms with E-state index in [2.05, 4.69) is 57.8 Å². The monoisotopic (exact) mass is 1000 g/mol. The number of likely N-dealkylation sites (N-methyl/N-ethyl adjacent to an activating group) is 1. The van der Waals surface area contributed by atoms with Gasteiger partial charge in [-0.2, -0.15) is 13.2 Å². The van der Waals surface area contributed by atoms with Crippen molar-refractivity contribution in [3.05, 3.63) is 119 Å². The molecule has 0 bridgehead atoms. The minimum absolute atomic E-state index is 0.00355. The van der Waals surface area contributed by atoms with E-state index in [0.717, 1.165) is 107 Å². The highest BCUT2D eigenvalue weighted by Crippen LogP contribution is 2.43. The zero-order valence-electron chi connectivity index (χ0n) is 38.2. The van der Waals surface area contributed by atoms with Gasteiger partial charge in [0.05, 0.1) is 10.6 Å². The average molecular weight is 1000 g/mol. The number of carbonyl (C=O) groups is 1. The van der Waals surface area contributed by atoms with Gasteiger partial charge in [0.1, 0.15) is 4.90 Å². The summed E-state index contributed by atoms with van der Waals surface area (Å²) in [6.45, 7) is 15.7. The summed E-state index contributed by atoms with van der Waals surface area (Å²) >= 11 is 7.66. The van der Waals surface area contributed by atoms with Crippen molar-refractivity contribution < 1.29 is 34.8 Å². The Balaban J connectivity index is 1.02. The predicted octanol–water partition coefficient (Wildman–Crippen LogP) is 9.14. The van der Waals surface area contributed by atoms with Gasteiger partial charge in [-0.25, -0.2) is 21.6 Å². The van der Waals surface area contributed by atoms with Crippen LogP contribution in [0.2, 0.25) is 5.02 Å². The first-order valence-electron chi connectivity index (χ1n) is 22.8. The summed E-state index contributed by atoms with van der Waals surface area (Å²) in [5.74, 6) is -0.629. The van der Waals surface area contributed by atoms with Crippen LogP contribution >= 0.6 is 23.4 Å². The molecule has 7 rings (SSSR count). The molecule has 0 spiro atoms. The quantitative estimate of drug-likeness (QED) is 0.0986. The molecule has 1 atom stereocenters. The van der Waals surface area contributed by atoms with E-state index in [4.69, 9.17) is 11.6 Å². The topological polar surface area (TPSA) is 122 Å². The van der Waals surface area contributed by atoms with Crippen LogP contribution in [0.4, 0.5) is 24.5 Å². The van der Waals surface area contributed by atoms with Crippen LogP contribution in [0.25, 0.3) is 5.57 Å². The number of hydrogen-bond donors (Lipinski definition) is 2. The predicted molar refractivity (Wildman–Crippen MR) is 263 cm³/mol. The van der Waals surface area contributed by atoms with E-state index in [-0.39, 0.29) is 16.7 Å². The van der Waals surface area contributed by atoms with Crippen LogP contribution in [0.5, 0.6) is 0 Å². The van der Waals surface area contributed by atoms with Gasteiger partial charge < -0.3 is 20.0 Å². The number of amides is 1. The fraction of sp³-hybridized carbons (Fsp3) is 0.449. The molecule has 18 heteroatoms. The maximum Gasteiger partial charge on any atom is 0.501 e. The van der Waals surface area contributed by atoms with Gasteiger partial charge in [0.25, 0.3) is 25.8 Å². The Kier molecular flexibility index (Phi) is 16.4. The van der Waals surface area contributed by atoms with Crippen LogP contribution < -0.4 is 14.9 Å². The summed E-state index contributed by atoms with van der Waals surface area (Å²) in [4.78, 5) is 21.5. The number of anilines is 2. The van der Waals surface area contributed by atoms with Crippen LogP contribution in [0, 0.1) is 5.41 Å². The summed E-state index contributed by atoms with van der Waals surface area (Å²) in [6.07, 6.45) is 3.64. The van der Waals surface area contributed by atoms with Crippen LogP contribution in [0.3, 0.4) is 0 Å². The number of sulfonamides is 1. The van der Waals surface area contributed by atoms with E-state index in [1.807, 2.05) is 47.2 Å². The first-order chi connectivity index (χ1) is 31.8. The second-order valence-electron chi connectivity index (χ2n) is 18.3. The van der Waals surface area contributed by atoms with Gasteiger partial charge in [-0.1, -0.05) is 68.3 Å². The van der Waals surface area contributed by atoms with Crippen LogP contribution in [-0.2, 0) is 19.9 Å². The molecule has 2 fully saturated rings. The molecule has 362 valence electrons. The number of carbonyl (C=O) groups excluding carboxylic acids is 1. The summed E-state index contributed by atoms with van der Waals surface area (Å²) in [5, 5.41) is 3.75. The molecule has 1 amide bonds. The maximum atomic E-state index is 14.2. The molecule has 2 N–H and O–H groups in total. The van der Waals surface area contributed by atoms with Crippen molar-refractivity contribution in [2.45, 2.75) is 72.7 Å². The van der Waals surface area contributed by atoms with E-state index < -0.39 is 47.1 Å². The lowest BCUT2D eigenvalue weighted by atomic mass is 9.73. The van der Waals surface area contributed by atoms with E-state index >= 15 is 0 Å². The van der Waals surface area contributed by atoms with E-state index in [0.29, 0.717) is 29.8 Å². The number of halogens is 4. The highest BCUT2D eigenvalue weighted by Gasteiger charge is 2.48. The van der Waals surface area contributed by atoms with Crippen molar-refractivity contribution in [1.82, 2.24) is 19.4 Å². The Hall–Kier alpha value is -4.10. The Morgan fingerprint density at radius 2 is 1.46 bits per heavy atom. The Morgan fingerprint density at radius 3 is 2.10 bits per heavy atom. The van der Waals surface area contributed by atoms with Crippen LogP contribution in [0.1, 0.15) is 62.4 Å². The Labute approximate surface area is 403 Å². The molecule has 4 aromatic rings. The fourth-order valence-corrected chi connectivity index (χ4v) is 12.1. The third-order valence-electron chi connectivity index (χ3n) is 13.0. The van der Waals surface area contributed by atoms with E-state index in [9.17, 15) is 34.8 Å². The van der Waals surface area contributed by atoms with E-state index in [1.54, 1.807) is 12.1 Å². The number of benzene rings is 4. The Bertz CT molecular complexity index is 2590. The third-order valence-corrected chi connectivity index (χ3v) is 17.3. The normalized spacial score (nSPS) is 18.5. The molecule has 4 aromatic carbocycles. The van der Waals surface area contributed by atoms with Crippen molar-refractivity contribution in [1.29, 1.82) is 0 Å². The van der Waals surface area contributed by atoms with Crippen molar-refractivity contribution in [2.75, 3.05) is 88.0 Å². The largest absolute Gasteiger partial charge is 0.501 e. The number of sulfone groups is 1. The highest BCUT2D eigenvalue weighted by molar-refractivity contribution is 7.99. The number of thioether (sulfide) groups is 1. The van der Waals surface area contributed by atoms with Gasteiger partial charge >= 0.3 is 5.51 Å². The van der Waals surface area contributed by atoms with Crippen molar-refractivity contribution in [3.8, 4) is 0 Å². The number of piperazine rings is 2. The molecule has 0 unspecified atom stereocenters. The van der Waals surface area contributed by atoms with Gasteiger partial charge in [-0.15, -0.1) is 11.8 Å². The van der Waals surface area contributed by atoms with Crippen molar-refractivity contribution in [2.24, 2.45) is 5.41 Å².